The summed E-state index contributed by atoms with van der Waals surface area (Å²) in [6, 6.07) is 8.27. The van der Waals surface area contributed by atoms with Crippen LogP contribution in [-0.2, 0) is 11.3 Å². The first kappa shape index (κ1) is 28.9. The Morgan fingerprint density at radius 1 is 1.22 bits per heavy atom. The summed E-state index contributed by atoms with van der Waals surface area (Å²) in [7, 11) is 1.80. The average Bonchev–Trinajstić information content (AvgIpc) is 2.77. The van der Waals surface area contributed by atoms with Gasteiger partial charge in [-0.3, -0.25) is 9.89 Å². The highest BCUT2D eigenvalue weighted by atomic mass is 127. The van der Waals surface area contributed by atoms with Gasteiger partial charge in [0.1, 0.15) is 12.4 Å². The third-order valence-electron chi connectivity index (χ3n) is 5.52. The van der Waals surface area contributed by atoms with Crippen LogP contribution in [0.1, 0.15) is 33.3 Å². The van der Waals surface area contributed by atoms with E-state index in [1.54, 1.807) is 7.05 Å². The Morgan fingerprint density at radius 2 is 1.94 bits per heavy atom. The highest BCUT2D eigenvalue weighted by molar-refractivity contribution is 14.0. The van der Waals surface area contributed by atoms with E-state index in [2.05, 4.69) is 65.3 Å². The minimum atomic E-state index is 0. The smallest absolute Gasteiger partial charge is 0.191 e. The van der Waals surface area contributed by atoms with Crippen molar-refractivity contribution in [1.29, 1.82) is 0 Å². The van der Waals surface area contributed by atoms with Gasteiger partial charge in [0.25, 0.3) is 0 Å². The molecule has 2 N–H and O–H groups in total. The maximum absolute atomic E-state index is 5.92. The van der Waals surface area contributed by atoms with E-state index in [1.807, 2.05) is 12.1 Å². The molecule has 1 unspecified atom stereocenters. The zero-order chi connectivity index (χ0) is 22.5. The van der Waals surface area contributed by atoms with Crippen LogP contribution in [0.3, 0.4) is 0 Å². The quantitative estimate of drug-likeness (QED) is 0.233. The molecule has 2 rings (SSSR count). The maximum atomic E-state index is 5.92. The van der Waals surface area contributed by atoms with Gasteiger partial charge in [0.2, 0.25) is 0 Å². The average molecular weight is 562 g/mol. The number of benzene rings is 1. The number of ether oxygens (including phenoxy) is 2. The molecule has 7 nitrogen and oxygen atoms in total. The van der Waals surface area contributed by atoms with Gasteiger partial charge in [0, 0.05) is 46.3 Å². The monoisotopic (exact) mass is 561 g/mol. The molecule has 0 aromatic heterocycles. The summed E-state index contributed by atoms with van der Waals surface area (Å²) >= 11 is 0. The molecule has 0 saturated carbocycles. The Kier molecular flexibility index (Phi) is 14.9. The topological polar surface area (TPSA) is 61.4 Å². The van der Waals surface area contributed by atoms with E-state index in [0.29, 0.717) is 19.1 Å². The summed E-state index contributed by atoms with van der Waals surface area (Å²) < 4.78 is 11.8. The summed E-state index contributed by atoms with van der Waals surface area (Å²) in [5, 5.41) is 6.79. The van der Waals surface area contributed by atoms with Crippen LogP contribution in [0.4, 0.5) is 0 Å². The number of nitrogens with zero attached hydrogens (tertiary/aromatic N) is 3. The summed E-state index contributed by atoms with van der Waals surface area (Å²) in [6.07, 6.45) is 0.193. The second-order valence-corrected chi connectivity index (χ2v) is 8.47. The standard InChI is InChI=1S/C24H43N5O2.HI/c1-6-28(7-2)12-14-30-22-10-8-21(9-11-22)16-26-24(25-5)27-17-23-19-29(13-15-31-23)18-20(3)4;/h8-11,20,23H,6-7,12-19H2,1-5H3,(H2,25,26,27);1H. The molecule has 0 spiro atoms. The summed E-state index contributed by atoms with van der Waals surface area (Å²) in [4.78, 5) is 9.19. The number of hydrogen-bond donors (Lipinski definition) is 2. The van der Waals surface area contributed by atoms with E-state index in [4.69, 9.17) is 9.47 Å². The van der Waals surface area contributed by atoms with Gasteiger partial charge in [-0.2, -0.15) is 0 Å². The molecule has 1 saturated heterocycles. The number of guanidine groups is 1. The molecular weight excluding hydrogens is 517 g/mol. The van der Waals surface area contributed by atoms with Crippen LogP contribution in [0.5, 0.6) is 5.75 Å². The minimum Gasteiger partial charge on any atom is -0.492 e. The molecule has 0 bridgehead atoms. The van der Waals surface area contributed by atoms with Gasteiger partial charge >= 0.3 is 0 Å². The highest BCUT2D eigenvalue weighted by Gasteiger charge is 2.21. The zero-order valence-corrected chi connectivity index (χ0v) is 22.9. The van der Waals surface area contributed by atoms with E-state index in [-0.39, 0.29) is 30.1 Å². The third-order valence-corrected chi connectivity index (χ3v) is 5.52. The lowest BCUT2D eigenvalue weighted by Crippen LogP contribution is -2.50. The molecule has 8 heteroatoms. The number of morpholine rings is 1. The maximum Gasteiger partial charge on any atom is 0.191 e. The van der Waals surface area contributed by atoms with Crippen molar-refractivity contribution in [2.75, 3.05) is 66.1 Å². The van der Waals surface area contributed by atoms with Gasteiger partial charge in [-0.25, -0.2) is 0 Å². The minimum absolute atomic E-state index is 0. The Morgan fingerprint density at radius 3 is 2.56 bits per heavy atom. The number of aliphatic imine (C=N–C) groups is 1. The lowest BCUT2D eigenvalue weighted by atomic mass is 10.2. The van der Waals surface area contributed by atoms with Crippen LogP contribution >= 0.6 is 24.0 Å². The summed E-state index contributed by atoms with van der Waals surface area (Å²) in [5.41, 5.74) is 1.19. The first-order valence-corrected chi connectivity index (χ1v) is 11.8. The SMILES string of the molecule is CCN(CC)CCOc1ccc(CNC(=NC)NCC2CN(CC(C)C)CCO2)cc1.I. The molecule has 0 amide bonds. The largest absolute Gasteiger partial charge is 0.492 e. The molecule has 1 atom stereocenters. The highest BCUT2D eigenvalue weighted by Crippen LogP contribution is 2.12. The van der Waals surface area contributed by atoms with Gasteiger partial charge in [-0.1, -0.05) is 39.8 Å². The van der Waals surface area contributed by atoms with E-state index in [1.165, 1.54) is 5.56 Å². The normalized spacial score (nSPS) is 17.3. The van der Waals surface area contributed by atoms with E-state index < -0.39 is 0 Å². The third kappa shape index (κ3) is 11.2. The molecule has 1 aliphatic rings. The summed E-state index contributed by atoms with van der Waals surface area (Å²) in [5.74, 6) is 2.39. The molecular formula is C24H44IN5O2. The molecule has 1 aromatic carbocycles. The fourth-order valence-corrected chi connectivity index (χ4v) is 3.74. The van der Waals surface area contributed by atoms with Crippen molar-refractivity contribution < 1.29 is 9.47 Å². The number of hydrogen-bond acceptors (Lipinski definition) is 5. The van der Waals surface area contributed by atoms with Crippen molar-refractivity contribution in [3.63, 3.8) is 0 Å². The van der Waals surface area contributed by atoms with Gasteiger partial charge in [0.15, 0.2) is 5.96 Å². The van der Waals surface area contributed by atoms with E-state index in [9.17, 15) is 0 Å². The molecule has 0 aliphatic carbocycles. The van der Waals surface area contributed by atoms with E-state index >= 15 is 0 Å². The summed E-state index contributed by atoms with van der Waals surface area (Å²) in [6.45, 7) is 18.1. The lowest BCUT2D eigenvalue weighted by molar-refractivity contribution is -0.0284. The Labute approximate surface area is 212 Å². The van der Waals surface area contributed by atoms with Gasteiger partial charge < -0.3 is 25.0 Å². The lowest BCUT2D eigenvalue weighted by Gasteiger charge is -2.34. The number of halogens is 1. The second-order valence-electron chi connectivity index (χ2n) is 8.47. The van der Waals surface area contributed by atoms with Crippen LogP contribution in [0.15, 0.2) is 29.3 Å². The zero-order valence-electron chi connectivity index (χ0n) is 20.6. The Balaban J connectivity index is 0.00000512. The van der Waals surface area contributed by atoms with Crippen molar-refractivity contribution in [2.45, 2.75) is 40.3 Å². The molecule has 1 aliphatic heterocycles. The molecule has 184 valence electrons. The molecule has 0 radical (unpaired) electrons. The Hall–Kier alpha value is -1.10. The molecule has 1 aromatic rings. The Bertz CT molecular complexity index is 638. The van der Waals surface area contributed by atoms with Crippen molar-refractivity contribution >= 4 is 29.9 Å². The predicted molar refractivity (Wildman–Crippen MR) is 144 cm³/mol. The number of nitrogens with one attached hydrogen (secondary N) is 2. The molecule has 1 fully saturated rings. The van der Waals surface area contributed by atoms with Crippen LogP contribution in [0.2, 0.25) is 0 Å². The molecule has 32 heavy (non-hydrogen) atoms. The van der Waals surface area contributed by atoms with Crippen LogP contribution in [0, 0.1) is 5.92 Å². The van der Waals surface area contributed by atoms with Crippen LogP contribution in [0.25, 0.3) is 0 Å². The van der Waals surface area contributed by atoms with Crippen molar-refractivity contribution in [2.24, 2.45) is 10.9 Å². The number of likely N-dealkylation sites (N-methyl/N-ethyl adjacent to an activating group) is 1. The van der Waals surface area contributed by atoms with Crippen molar-refractivity contribution in [3.05, 3.63) is 29.8 Å². The fourth-order valence-electron chi connectivity index (χ4n) is 3.74. The fraction of sp³-hybridized carbons (Fsp3) is 0.708. The van der Waals surface area contributed by atoms with Crippen molar-refractivity contribution in [3.8, 4) is 5.75 Å². The van der Waals surface area contributed by atoms with Crippen LogP contribution < -0.4 is 15.4 Å². The predicted octanol–water partition coefficient (Wildman–Crippen LogP) is 3.05. The first-order chi connectivity index (χ1) is 15.0. The second kappa shape index (κ2) is 16.5. The van der Waals surface area contributed by atoms with Crippen LogP contribution in [-0.4, -0.2) is 87.9 Å². The first-order valence-electron chi connectivity index (χ1n) is 11.8. The van der Waals surface area contributed by atoms with Gasteiger partial charge in [-0.05, 0) is 36.7 Å². The van der Waals surface area contributed by atoms with Crippen molar-refractivity contribution in [1.82, 2.24) is 20.4 Å². The van der Waals surface area contributed by atoms with Gasteiger partial charge in [0.05, 0.1) is 12.7 Å². The molecule has 1 heterocycles. The van der Waals surface area contributed by atoms with E-state index in [0.717, 1.165) is 64.1 Å². The number of rotatable bonds is 12. The van der Waals surface area contributed by atoms with Gasteiger partial charge in [-0.15, -0.1) is 24.0 Å².